The molecule has 0 atom stereocenters. The van der Waals surface area contributed by atoms with E-state index in [-0.39, 0.29) is 18.0 Å². The van der Waals surface area contributed by atoms with Crippen LogP contribution in [-0.4, -0.2) is 35.8 Å². The van der Waals surface area contributed by atoms with Crippen LogP contribution in [0.25, 0.3) is 0 Å². The number of halogens is 2. The van der Waals surface area contributed by atoms with Crippen LogP contribution < -0.4 is 0 Å². The molecule has 0 radical (unpaired) electrons. The van der Waals surface area contributed by atoms with Gasteiger partial charge in [-0.1, -0.05) is 41.8 Å². The fraction of sp³-hybridized carbons (Fsp3) is 0.300. The van der Waals surface area contributed by atoms with Gasteiger partial charge in [-0.25, -0.2) is 9.10 Å². The molecule has 0 aromatic heterocycles. The highest BCUT2D eigenvalue weighted by Gasteiger charge is 2.17. The summed E-state index contributed by atoms with van der Waals surface area (Å²) in [6.45, 7) is 1.70. The highest BCUT2D eigenvalue weighted by Crippen LogP contribution is 2.29. The van der Waals surface area contributed by atoms with Crippen LogP contribution in [0.5, 0.6) is 0 Å². The molecule has 0 unspecified atom stereocenters. The average Bonchev–Trinajstić information content (AvgIpc) is 2.68. The summed E-state index contributed by atoms with van der Waals surface area (Å²) in [4.78, 5) is 25.5. The largest absolute Gasteiger partial charge is 0.454 e. The fourth-order valence-corrected chi connectivity index (χ4v) is 4.20. The van der Waals surface area contributed by atoms with E-state index in [4.69, 9.17) is 27.9 Å². The molecule has 7 heteroatoms. The molecule has 0 aliphatic carbocycles. The number of esters is 1. The molecule has 142 valence electrons. The molecule has 3 rings (SSSR count). The van der Waals surface area contributed by atoms with Crippen LogP contribution in [0.3, 0.4) is 0 Å². The first-order valence-corrected chi connectivity index (χ1v) is 10.2. The molecule has 1 saturated heterocycles. The first kappa shape index (κ1) is 20.2. The van der Waals surface area contributed by atoms with Gasteiger partial charge in [0.1, 0.15) is 0 Å². The number of ether oxygens (including phenoxy) is 1. The summed E-state index contributed by atoms with van der Waals surface area (Å²) in [5, 5.41) is 0.760. The molecule has 4 nitrogen and oxygen atoms in total. The van der Waals surface area contributed by atoms with Gasteiger partial charge in [0, 0.05) is 28.6 Å². The molecule has 0 saturated carbocycles. The monoisotopic (exact) mass is 423 g/mol. The first-order valence-electron chi connectivity index (χ1n) is 8.71. The van der Waals surface area contributed by atoms with Crippen LogP contribution >= 0.6 is 35.1 Å². The van der Waals surface area contributed by atoms with Crippen molar-refractivity contribution >= 4 is 46.9 Å². The number of Topliss-reactive ketones (excluding diaryl/α,β-unsaturated/α-hetero) is 1. The molecule has 1 heterocycles. The number of ketones is 1. The quantitative estimate of drug-likeness (QED) is 0.347. The van der Waals surface area contributed by atoms with E-state index in [1.807, 2.05) is 6.07 Å². The summed E-state index contributed by atoms with van der Waals surface area (Å²) in [7, 11) is 0. The molecular formula is C20H19Cl2NO3S. The summed E-state index contributed by atoms with van der Waals surface area (Å²) in [6.07, 6.45) is 3.62. The van der Waals surface area contributed by atoms with Crippen molar-refractivity contribution in [2.45, 2.75) is 24.2 Å². The minimum atomic E-state index is -0.614. The van der Waals surface area contributed by atoms with Crippen molar-refractivity contribution in [2.75, 3.05) is 19.7 Å². The van der Waals surface area contributed by atoms with Gasteiger partial charge in [-0.2, -0.15) is 0 Å². The fourth-order valence-electron chi connectivity index (χ4n) is 2.78. The van der Waals surface area contributed by atoms with E-state index in [1.54, 1.807) is 48.3 Å². The number of benzene rings is 2. The lowest BCUT2D eigenvalue weighted by Gasteiger charge is -2.25. The van der Waals surface area contributed by atoms with Crippen LogP contribution in [-0.2, 0) is 4.74 Å². The van der Waals surface area contributed by atoms with Crippen molar-refractivity contribution in [3.8, 4) is 0 Å². The van der Waals surface area contributed by atoms with E-state index in [2.05, 4.69) is 4.31 Å². The molecule has 1 aliphatic heterocycles. The van der Waals surface area contributed by atoms with Crippen LogP contribution in [0, 0.1) is 0 Å². The number of carbonyl (C=O) groups excluding carboxylic acids is 2. The first-order chi connectivity index (χ1) is 13.0. The lowest BCUT2D eigenvalue weighted by molar-refractivity contribution is 0.0474. The summed E-state index contributed by atoms with van der Waals surface area (Å²) >= 11 is 13.7. The third-order valence-corrected chi connectivity index (χ3v) is 5.84. The third-order valence-electron chi connectivity index (χ3n) is 4.19. The summed E-state index contributed by atoms with van der Waals surface area (Å²) < 4.78 is 7.45. The average molecular weight is 424 g/mol. The summed E-state index contributed by atoms with van der Waals surface area (Å²) in [5.74, 6) is -0.933. The lowest BCUT2D eigenvalue weighted by atomic mass is 10.1. The topological polar surface area (TPSA) is 46.6 Å². The highest BCUT2D eigenvalue weighted by atomic mass is 35.5. The van der Waals surface area contributed by atoms with Gasteiger partial charge in [0.2, 0.25) is 0 Å². The Bertz CT molecular complexity index is 838. The Hall–Kier alpha value is -1.53. The van der Waals surface area contributed by atoms with Gasteiger partial charge < -0.3 is 4.74 Å². The Morgan fingerprint density at radius 1 is 1.04 bits per heavy atom. The minimum Gasteiger partial charge on any atom is -0.454 e. The Kier molecular flexibility index (Phi) is 7.19. The van der Waals surface area contributed by atoms with Crippen LogP contribution in [0.2, 0.25) is 10.0 Å². The van der Waals surface area contributed by atoms with Crippen molar-refractivity contribution in [3.63, 3.8) is 0 Å². The normalized spacial score (nSPS) is 14.7. The van der Waals surface area contributed by atoms with Crippen LogP contribution in [0.4, 0.5) is 0 Å². The molecule has 0 spiro atoms. The van der Waals surface area contributed by atoms with E-state index in [0.29, 0.717) is 15.6 Å². The molecular weight excluding hydrogens is 405 g/mol. The zero-order valence-electron chi connectivity index (χ0n) is 14.6. The van der Waals surface area contributed by atoms with E-state index in [1.165, 1.54) is 19.3 Å². The molecule has 1 aliphatic rings. The lowest BCUT2D eigenvalue weighted by Crippen LogP contribution is -2.22. The van der Waals surface area contributed by atoms with E-state index < -0.39 is 5.97 Å². The van der Waals surface area contributed by atoms with Gasteiger partial charge in [0.25, 0.3) is 0 Å². The molecule has 0 amide bonds. The second-order valence-corrected chi connectivity index (χ2v) is 8.25. The third kappa shape index (κ3) is 5.72. The van der Waals surface area contributed by atoms with Gasteiger partial charge in [0.15, 0.2) is 12.4 Å². The Morgan fingerprint density at radius 3 is 2.56 bits per heavy atom. The van der Waals surface area contributed by atoms with Crippen LogP contribution in [0.1, 0.15) is 40.0 Å². The van der Waals surface area contributed by atoms with Gasteiger partial charge in [-0.15, -0.1) is 0 Å². The van der Waals surface area contributed by atoms with Gasteiger partial charge in [-0.3, -0.25) is 4.79 Å². The maximum absolute atomic E-state index is 12.4. The van der Waals surface area contributed by atoms with Gasteiger partial charge in [0.05, 0.1) is 10.6 Å². The summed E-state index contributed by atoms with van der Waals surface area (Å²) in [6, 6.07) is 11.8. The maximum Gasteiger partial charge on any atom is 0.340 e. The molecule has 0 N–H and O–H groups in total. The van der Waals surface area contributed by atoms with Gasteiger partial charge >= 0.3 is 5.97 Å². The molecule has 1 fully saturated rings. The molecule has 0 bridgehead atoms. The van der Waals surface area contributed by atoms with Crippen molar-refractivity contribution in [1.82, 2.24) is 4.31 Å². The number of hydrogen-bond donors (Lipinski definition) is 0. The van der Waals surface area contributed by atoms with Crippen molar-refractivity contribution in [2.24, 2.45) is 0 Å². The SMILES string of the molecule is O=C(COC(=O)c1cc(SN2CCCCC2)ccc1Cl)c1cccc(Cl)c1. The summed E-state index contributed by atoms with van der Waals surface area (Å²) in [5.41, 5.74) is 0.661. The van der Waals surface area contributed by atoms with Crippen molar-refractivity contribution in [3.05, 3.63) is 63.6 Å². The molecule has 2 aromatic rings. The van der Waals surface area contributed by atoms with Crippen LogP contribution in [0.15, 0.2) is 47.4 Å². The van der Waals surface area contributed by atoms with Crippen molar-refractivity contribution in [1.29, 1.82) is 0 Å². The maximum atomic E-state index is 12.4. The predicted octanol–water partition coefficient (Wildman–Crippen LogP) is 5.53. The number of nitrogens with zero attached hydrogens (tertiary/aromatic N) is 1. The smallest absolute Gasteiger partial charge is 0.340 e. The molecule has 2 aromatic carbocycles. The highest BCUT2D eigenvalue weighted by molar-refractivity contribution is 7.97. The van der Waals surface area contributed by atoms with Crippen molar-refractivity contribution < 1.29 is 14.3 Å². The number of hydrogen-bond acceptors (Lipinski definition) is 5. The Labute approximate surface area is 172 Å². The number of rotatable bonds is 6. The van der Waals surface area contributed by atoms with Gasteiger partial charge in [-0.05, 0) is 55.1 Å². The van der Waals surface area contributed by atoms with E-state index >= 15 is 0 Å². The Balaban J connectivity index is 1.63. The molecule has 27 heavy (non-hydrogen) atoms. The zero-order chi connectivity index (χ0) is 19.2. The second kappa shape index (κ2) is 9.60. The second-order valence-electron chi connectivity index (χ2n) is 6.23. The van der Waals surface area contributed by atoms with E-state index in [0.717, 1.165) is 18.0 Å². The standard InChI is InChI=1S/C20H19Cl2NO3S/c21-15-6-4-5-14(11-15)19(24)13-26-20(25)17-12-16(7-8-18(17)22)27-23-9-2-1-3-10-23/h4-8,11-12H,1-3,9-10,13H2. The predicted molar refractivity (Wildman–Crippen MR) is 109 cm³/mol. The zero-order valence-corrected chi connectivity index (χ0v) is 16.9. The van der Waals surface area contributed by atoms with E-state index in [9.17, 15) is 9.59 Å². The number of carbonyl (C=O) groups is 2. The number of piperidine rings is 1. The minimum absolute atomic E-state index is 0.262. The Morgan fingerprint density at radius 2 is 1.81 bits per heavy atom.